The van der Waals surface area contributed by atoms with E-state index in [9.17, 15) is 0 Å². The minimum absolute atomic E-state index is 0.0630. The van der Waals surface area contributed by atoms with Crippen molar-refractivity contribution in [2.24, 2.45) is 5.73 Å². The number of benzene rings is 2. The van der Waals surface area contributed by atoms with Gasteiger partial charge in [-0.25, -0.2) is 0 Å². The summed E-state index contributed by atoms with van der Waals surface area (Å²) in [7, 11) is 0. The molecule has 0 fully saturated rings. The summed E-state index contributed by atoms with van der Waals surface area (Å²) in [5, 5.41) is 0. The Labute approximate surface area is 128 Å². The van der Waals surface area contributed by atoms with Crippen molar-refractivity contribution in [3.63, 3.8) is 0 Å². The lowest BCUT2D eigenvalue weighted by Gasteiger charge is -2.09. The Kier molecular flexibility index (Phi) is 4.90. The van der Waals surface area contributed by atoms with E-state index in [2.05, 4.69) is 62.2 Å². The molecule has 0 heterocycles. The molecule has 2 aromatic carbocycles. The van der Waals surface area contributed by atoms with Crippen LogP contribution in [-0.4, -0.2) is 0 Å². The van der Waals surface area contributed by atoms with E-state index in [1.54, 1.807) is 11.8 Å². The van der Waals surface area contributed by atoms with Crippen molar-refractivity contribution in [2.75, 3.05) is 0 Å². The van der Waals surface area contributed by atoms with E-state index in [0.29, 0.717) is 0 Å². The van der Waals surface area contributed by atoms with Crippen molar-refractivity contribution < 1.29 is 0 Å². The van der Waals surface area contributed by atoms with E-state index in [1.165, 1.54) is 9.79 Å². The van der Waals surface area contributed by atoms with Crippen LogP contribution in [0, 0.1) is 0 Å². The lowest BCUT2D eigenvalue weighted by Crippen LogP contribution is -2.04. The largest absolute Gasteiger partial charge is 0.324 e. The first-order chi connectivity index (χ1) is 8.56. The maximum absolute atomic E-state index is 5.87. The highest BCUT2D eigenvalue weighted by molar-refractivity contribution is 9.10. The molecule has 0 saturated carbocycles. The smallest absolute Gasteiger partial charge is 0.0318 e. The summed E-state index contributed by atoms with van der Waals surface area (Å²) in [6.45, 7) is 1.99. The zero-order valence-electron chi connectivity index (χ0n) is 9.86. The highest BCUT2D eigenvalue weighted by Gasteiger charge is 2.06. The van der Waals surface area contributed by atoms with Crippen LogP contribution < -0.4 is 5.73 Å². The van der Waals surface area contributed by atoms with Crippen molar-refractivity contribution in [3.8, 4) is 0 Å². The molecule has 0 radical (unpaired) electrons. The number of rotatable bonds is 3. The Morgan fingerprint density at radius 1 is 1.06 bits per heavy atom. The minimum atomic E-state index is 0.0630. The lowest BCUT2D eigenvalue weighted by molar-refractivity contribution is 0.815. The second-order valence-electron chi connectivity index (χ2n) is 4.03. The monoisotopic (exact) mass is 385 g/mol. The number of hydrogen-bond acceptors (Lipinski definition) is 2. The fourth-order valence-corrected chi connectivity index (χ4v) is 3.23. The Balaban J connectivity index is 2.22. The molecule has 0 aliphatic heterocycles. The predicted octanol–water partition coefficient (Wildman–Crippen LogP) is 5.38. The maximum atomic E-state index is 5.87. The molecule has 0 spiro atoms. The second-order valence-corrected chi connectivity index (χ2v) is 6.92. The number of hydrogen-bond donors (Lipinski definition) is 1. The van der Waals surface area contributed by atoms with Crippen LogP contribution in [-0.2, 0) is 0 Å². The molecule has 0 aliphatic carbocycles. The summed E-state index contributed by atoms with van der Waals surface area (Å²) in [5.41, 5.74) is 7.01. The highest BCUT2D eigenvalue weighted by atomic mass is 79.9. The van der Waals surface area contributed by atoms with Gasteiger partial charge in [0.2, 0.25) is 0 Å². The van der Waals surface area contributed by atoms with E-state index < -0.39 is 0 Å². The van der Waals surface area contributed by atoms with Gasteiger partial charge in [-0.3, -0.25) is 0 Å². The van der Waals surface area contributed by atoms with Crippen molar-refractivity contribution in [2.45, 2.75) is 22.8 Å². The fourth-order valence-electron chi connectivity index (χ4n) is 1.51. The van der Waals surface area contributed by atoms with Gasteiger partial charge in [-0.1, -0.05) is 33.8 Å². The number of halogens is 2. The molecule has 18 heavy (non-hydrogen) atoms. The standard InChI is InChI=1S/C14H13Br2NS/c1-9(17)10-2-7-14(13(16)8-10)18-12-5-3-11(15)4-6-12/h2-9H,17H2,1H3/t9-/m1/s1. The molecule has 0 amide bonds. The van der Waals surface area contributed by atoms with E-state index >= 15 is 0 Å². The zero-order chi connectivity index (χ0) is 13.1. The molecule has 1 atom stereocenters. The SMILES string of the molecule is C[C@@H](N)c1ccc(Sc2ccc(Br)cc2)c(Br)c1. The van der Waals surface area contributed by atoms with Crippen LogP contribution >= 0.6 is 43.6 Å². The summed E-state index contributed by atoms with van der Waals surface area (Å²) in [6, 6.07) is 14.6. The molecule has 2 aromatic rings. The molecule has 94 valence electrons. The van der Waals surface area contributed by atoms with Gasteiger partial charge in [0.15, 0.2) is 0 Å². The van der Waals surface area contributed by atoms with Gasteiger partial charge in [-0.05, 0) is 64.8 Å². The normalized spacial score (nSPS) is 12.4. The molecule has 0 unspecified atom stereocenters. The molecular formula is C14H13Br2NS. The van der Waals surface area contributed by atoms with Gasteiger partial charge in [0.1, 0.15) is 0 Å². The van der Waals surface area contributed by atoms with Crippen molar-refractivity contribution >= 4 is 43.6 Å². The van der Waals surface area contributed by atoms with E-state index in [1.807, 2.05) is 19.1 Å². The highest BCUT2D eigenvalue weighted by Crippen LogP contribution is 2.35. The van der Waals surface area contributed by atoms with Crippen LogP contribution in [0.15, 0.2) is 61.2 Å². The van der Waals surface area contributed by atoms with Crippen LogP contribution in [0.4, 0.5) is 0 Å². The Hall–Kier alpha value is -0.290. The molecule has 0 aliphatic rings. The van der Waals surface area contributed by atoms with E-state index in [-0.39, 0.29) is 6.04 Å². The Bertz CT molecular complexity index is 538. The van der Waals surface area contributed by atoms with Gasteiger partial charge in [-0.2, -0.15) is 0 Å². The van der Waals surface area contributed by atoms with E-state index in [4.69, 9.17) is 5.73 Å². The van der Waals surface area contributed by atoms with Crippen molar-refractivity contribution in [3.05, 3.63) is 57.0 Å². The first-order valence-electron chi connectivity index (χ1n) is 5.54. The molecule has 1 nitrogen and oxygen atoms in total. The summed E-state index contributed by atoms with van der Waals surface area (Å²) in [4.78, 5) is 2.41. The molecule has 2 rings (SSSR count). The minimum Gasteiger partial charge on any atom is -0.324 e. The molecule has 0 saturated heterocycles. The first kappa shape index (κ1) is 14.1. The molecule has 0 aromatic heterocycles. The zero-order valence-corrected chi connectivity index (χ0v) is 13.8. The second kappa shape index (κ2) is 6.24. The molecule has 2 N–H and O–H groups in total. The van der Waals surface area contributed by atoms with Crippen LogP contribution in [0.2, 0.25) is 0 Å². The lowest BCUT2D eigenvalue weighted by atomic mass is 10.1. The first-order valence-corrected chi connectivity index (χ1v) is 7.95. The van der Waals surface area contributed by atoms with Gasteiger partial charge in [0.05, 0.1) is 0 Å². The summed E-state index contributed by atoms with van der Waals surface area (Å²) in [6.07, 6.45) is 0. The van der Waals surface area contributed by atoms with Crippen LogP contribution in [0.25, 0.3) is 0 Å². The predicted molar refractivity (Wildman–Crippen MR) is 85.0 cm³/mol. The third-order valence-corrected chi connectivity index (χ3v) is 5.05. The number of nitrogens with two attached hydrogens (primary N) is 1. The Morgan fingerprint density at radius 2 is 1.72 bits per heavy atom. The van der Waals surface area contributed by atoms with Crippen molar-refractivity contribution in [1.82, 2.24) is 0 Å². The average molecular weight is 387 g/mol. The van der Waals surface area contributed by atoms with E-state index in [0.717, 1.165) is 14.5 Å². The topological polar surface area (TPSA) is 26.0 Å². The molecule has 0 bridgehead atoms. The average Bonchev–Trinajstić information content (AvgIpc) is 2.34. The van der Waals surface area contributed by atoms with Crippen molar-refractivity contribution in [1.29, 1.82) is 0 Å². The molecule has 4 heteroatoms. The van der Waals surface area contributed by atoms with Gasteiger partial charge in [0, 0.05) is 24.8 Å². The summed E-state index contributed by atoms with van der Waals surface area (Å²) >= 11 is 8.77. The summed E-state index contributed by atoms with van der Waals surface area (Å²) in [5.74, 6) is 0. The van der Waals surface area contributed by atoms with Gasteiger partial charge < -0.3 is 5.73 Å². The van der Waals surface area contributed by atoms with Gasteiger partial charge >= 0.3 is 0 Å². The third kappa shape index (κ3) is 3.60. The summed E-state index contributed by atoms with van der Waals surface area (Å²) < 4.78 is 2.18. The quantitative estimate of drug-likeness (QED) is 0.765. The van der Waals surface area contributed by atoms with Gasteiger partial charge in [0.25, 0.3) is 0 Å². The fraction of sp³-hybridized carbons (Fsp3) is 0.143. The van der Waals surface area contributed by atoms with Crippen LogP contribution in [0.3, 0.4) is 0 Å². The molecular weight excluding hydrogens is 374 g/mol. The van der Waals surface area contributed by atoms with Crippen LogP contribution in [0.5, 0.6) is 0 Å². The van der Waals surface area contributed by atoms with Crippen LogP contribution in [0.1, 0.15) is 18.5 Å². The van der Waals surface area contributed by atoms with Gasteiger partial charge in [-0.15, -0.1) is 0 Å². The maximum Gasteiger partial charge on any atom is 0.0318 e. The third-order valence-electron chi connectivity index (χ3n) is 2.52. The Morgan fingerprint density at radius 3 is 2.28 bits per heavy atom.